The van der Waals surface area contributed by atoms with Crippen molar-refractivity contribution in [2.45, 2.75) is 12.5 Å². The third-order valence-electron chi connectivity index (χ3n) is 2.31. The monoisotopic (exact) mass is 165 g/mol. The summed E-state index contributed by atoms with van der Waals surface area (Å²) in [6.45, 7) is 0. The van der Waals surface area contributed by atoms with Crippen molar-refractivity contribution >= 4 is 5.97 Å². The van der Waals surface area contributed by atoms with Crippen LogP contribution in [0.15, 0.2) is 23.9 Å². The molecule has 1 saturated heterocycles. The second kappa shape index (κ2) is 2.66. The van der Waals surface area contributed by atoms with E-state index in [1.54, 1.807) is 0 Å². The summed E-state index contributed by atoms with van der Waals surface area (Å²) in [6, 6.07) is 0.436. The summed E-state index contributed by atoms with van der Waals surface area (Å²) < 4.78 is 4.54. The molecule has 2 atom stereocenters. The molecule has 0 radical (unpaired) electrons. The second-order valence-electron chi connectivity index (χ2n) is 3.10. The van der Waals surface area contributed by atoms with E-state index in [4.69, 9.17) is 0 Å². The van der Waals surface area contributed by atoms with Gasteiger partial charge in [0.15, 0.2) is 0 Å². The van der Waals surface area contributed by atoms with Gasteiger partial charge < -0.3 is 10.1 Å². The summed E-state index contributed by atoms with van der Waals surface area (Å²) in [6.07, 6.45) is 6.90. The standard InChI is InChI=1S/C9H11NO2/c1-12-9(11)5-8-6-2-3-7(4-6)10-8/h2-3,5-7,10H,4H2,1H3/b8-5-. The SMILES string of the molecule is COC(=O)/C=C1\NC2C=CC1C2. The lowest BCUT2D eigenvalue weighted by Crippen LogP contribution is -2.20. The molecule has 0 amide bonds. The number of carbonyl (C=O) groups is 1. The van der Waals surface area contributed by atoms with E-state index in [-0.39, 0.29) is 5.97 Å². The Kier molecular flexibility index (Phi) is 1.64. The molecule has 2 bridgehead atoms. The molecule has 0 aromatic rings. The second-order valence-corrected chi connectivity index (χ2v) is 3.10. The highest BCUT2D eigenvalue weighted by atomic mass is 16.5. The number of methoxy groups -OCH3 is 1. The molecule has 0 spiro atoms. The van der Waals surface area contributed by atoms with Gasteiger partial charge in [0.1, 0.15) is 0 Å². The predicted octanol–water partition coefficient (Wildman–Crippen LogP) is 0.591. The molecule has 2 unspecified atom stereocenters. The number of esters is 1. The van der Waals surface area contributed by atoms with Gasteiger partial charge in [0.2, 0.25) is 0 Å². The Morgan fingerprint density at radius 1 is 1.75 bits per heavy atom. The fraction of sp³-hybridized carbons (Fsp3) is 0.444. The van der Waals surface area contributed by atoms with Crippen LogP contribution in [0.5, 0.6) is 0 Å². The van der Waals surface area contributed by atoms with Gasteiger partial charge in [0.25, 0.3) is 0 Å². The topological polar surface area (TPSA) is 38.3 Å². The fourth-order valence-electron chi connectivity index (χ4n) is 1.69. The minimum absolute atomic E-state index is 0.279. The smallest absolute Gasteiger partial charge is 0.332 e. The molecule has 64 valence electrons. The fourth-order valence-corrected chi connectivity index (χ4v) is 1.69. The van der Waals surface area contributed by atoms with E-state index in [0.717, 1.165) is 12.1 Å². The number of hydrogen-bond acceptors (Lipinski definition) is 3. The van der Waals surface area contributed by atoms with Gasteiger partial charge in [-0.2, -0.15) is 0 Å². The lowest BCUT2D eigenvalue weighted by Gasteiger charge is -2.09. The van der Waals surface area contributed by atoms with E-state index in [9.17, 15) is 4.79 Å². The van der Waals surface area contributed by atoms with E-state index in [0.29, 0.717) is 12.0 Å². The van der Waals surface area contributed by atoms with Crippen LogP contribution in [0.4, 0.5) is 0 Å². The van der Waals surface area contributed by atoms with Crippen molar-refractivity contribution in [3.8, 4) is 0 Å². The molecule has 1 aliphatic carbocycles. The van der Waals surface area contributed by atoms with E-state index < -0.39 is 0 Å². The maximum absolute atomic E-state index is 10.9. The molecule has 12 heavy (non-hydrogen) atoms. The molecule has 3 heteroatoms. The first-order valence-electron chi connectivity index (χ1n) is 4.04. The Labute approximate surface area is 71.1 Å². The Morgan fingerprint density at radius 2 is 2.58 bits per heavy atom. The van der Waals surface area contributed by atoms with Crippen LogP contribution in [0.2, 0.25) is 0 Å². The van der Waals surface area contributed by atoms with E-state index in [1.807, 2.05) is 0 Å². The number of ether oxygens (including phenoxy) is 1. The highest BCUT2D eigenvalue weighted by Gasteiger charge is 2.30. The summed E-state index contributed by atoms with van der Waals surface area (Å²) >= 11 is 0. The van der Waals surface area contributed by atoms with Gasteiger partial charge in [0.05, 0.1) is 7.11 Å². The van der Waals surface area contributed by atoms with Crippen molar-refractivity contribution < 1.29 is 9.53 Å². The average Bonchev–Trinajstić information content (AvgIpc) is 2.64. The number of carbonyl (C=O) groups excluding carboxylic acids is 1. The number of rotatable bonds is 1. The van der Waals surface area contributed by atoms with Crippen molar-refractivity contribution in [1.82, 2.24) is 5.32 Å². The maximum Gasteiger partial charge on any atom is 0.332 e. The summed E-state index contributed by atoms with van der Waals surface area (Å²) in [5.74, 6) is 0.132. The van der Waals surface area contributed by atoms with E-state index >= 15 is 0 Å². The molecule has 1 N–H and O–H groups in total. The van der Waals surface area contributed by atoms with Crippen molar-refractivity contribution in [1.29, 1.82) is 0 Å². The summed E-state index contributed by atoms with van der Waals surface area (Å²) in [5.41, 5.74) is 0.995. The lowest BCUT2D eigenvalue weighted by atomic mass is 10.1. The minimum atomic E-state index is -0.279. The van der Waals surface area contributed by atoms with Crippen LogP contribution in [-0.2, 0) is 9.53 Å². The van der Waals surface area contributed by atoms with Crippen molar-refractivity contribution in [3.05, 3.63) is 23.9 Å². The zero-order chi connectivity index (χ0) is 8.55. The van der Waals surface area contributed by atoms with Crippen LogP contribution in [0.1, 0.15) is 6.42 Å². The summed E-state index contributed by atoms with van der Waals surface area (Å²) in [4.78, 5) is 10.9. The Morgan fingerprint density at radius 3 is 3.08 bits per heavy atom. The van der Waals surface area contributed by atoms with E-state index in [1.165, 1.54) is 13.2 Å². The van der Waals surface area contributed by atoms with Crippen LogP contribution >= 0.6 is 0 Å². The third kappa shape index (κ3) is 1.11. The molecule has 1 fully saturated rings. The van der Waals surface area contributed by atoms with Crippen LogP contribution in [0.25, 0.3) is 0 Å². The van der Waals surface area contributed by atoms with Gasteiger partial charge >= 0.3 is 5.97 Å². The van der Waals surface area contributed by atoms with E-state index in [2.05, 4.69) is 22.2 Å². The minimum Gasteiger partial charge on any atom is -0.466 e. The molecule has 0 saturated carbocycles. The molecular formula is C9H11NO2. The quantitative estimate of drug-likeness (QED) is 0.351. The molecule has 0 aromatic carbocycles. The average molecular weight is 165 g/mol. The van der Waals surface area contributed by atoms with Crippen molar-refractivity contribution in [2.24, 2.45) is 5.92 Å². The van der Waals surface area contributed by atoms with Gasteiger partial charge in [0, 0.05) is 23.7 Å². The summed E-state index contributed by atoms with van der Waals surface area (Å²) in [7, 11) is 1.39. The molecule has 2 rings (SSSR count). The highest BCUT2D eigenvalue weighted by Crippen LogP contribution is 2.31. The normalized spacial score (nSPS) is 33.9. The maximum atomic E-state index is 10.9. The summed E-state index contributed by atoms with van der Waals surface area (Å²) in [5, 5.41) is 3.23. The number of fused-ring (bicyclic) bond motifs is 2. The van der Waals surface area contributed by atoms with Gasteiger partial charge in [-0.15, -0.1) is 0 Å². The van der Waals surface area contributed by atoms with Crippen molar-refractivity contribution in [3.63, 3.8) is 0 Å². The van der Waals surface area contributed by atoms with Crippen LogP contribution in [0.3, 0.4) is 0 Å². The highest BCUT2D eigenvalue weighted by molar-refractivity contribution is 5.82. The predicted molar refractivity (Wildman–Crippen MR) is 44.3 cm³/mol. The Hall–Kier alpha value is -1.25. The molecular weight excluding hydrogens is 154 g/mol. The van der Waals surface area contributed by atoms with Gasteiger partial charge in [-0.1, -0.05) is 12.2 Å². The first-order valence-corrected chi connectivity index (χ1v) is 4.04. The van der Waals surface area contributed by atoms with Gasteiger partial charge in [-0.3, -0.25) is 0 Å². The number of allylic oxidation sites excluding steroid dienone is 1. The van der Waals surface area contributed by atoms with Gasteiger partial charge in [-0.25, -0.2) is 4.79 Å². The van der Waals surface area contributed by atoms with Crippen LogP contribution < -0.4 is 5.32 Å². The lowest BCUT2D eigenvalue weighted by molar-refractivity contribution is -0.134. The molecule has 2 aliphatic rings. The zero-order valence-electron chi connectivity index (χ0n) is 6.91. The Balaban J connectivity index is 2.12. The largest absolute Gasteiger partial charge is 0.466 e. The number of nitrogens with one attached hydrogen (secondary N) is 1. The van der Waals surface area contributed by atoms with Gasteiger partial charge in [-0.05, 0) is 6.42 Å². The first-order chi connectivity index (χ1) is 5.79. The van der Waals surface area contributed by atoms with Crippen molar-refractivity contribution in [2.75, 3.05) is 7.11 Å². The molecule has 1 heterocycles. The third-order valence-corrected chi connectivity index (χ3v) is 2.31. The molecule has 3 nitrogen and oxygen atoms in total. The molecule has 0 aromatic heterocycles. The van der Waals surface area contributed by atoms with Crippen LogP contribution in [0, 0.1) is 5.92 Å². The van der Waals surface area contributed by atoms with Crippen LogP contribution in [-0.4, -0.2) is 19.1 Å². The molecule has 1 aliphatic heterocycles. The zero-order valence-corrected chi connectivity index (χ0v) is 6.91. The Bertz CT molecular complexity index is 268. The number of hydrogen-bond donors (Lipinski definition) is 1. The first kappa shape index (κ1) is 7.40.